The molecule has 1 fully saturated rings. The van der Waals surface area contributed by atoms with Crippen molar-refractivity contribution in [3.05, 3.63) is 22.7 Å². The monoisotopic (exact) mass is 252 g/mol. The lowest BCUT2D eigenvalue weighted by Gasteiger charge is -2.26. The maximum absolute atomic E-state index is 11.3. The van der Waals surface area contributed by atoms with Crippen molar-refractivity contribution >= 4 is 5.82 Å². The molecule has 0 unspecified atom stereocenters. The van der Waals surface area contributed by atoms with E-state index in [1.54, 1.807) is 6.20 Å². The van der Waals surface area contributed by atoms with Crippen LogP contribution < -0.4 is 16.6 Å². The van der Waals surface area contributed by atoms with E-state index in [1.165, 1.54) is 6.20 Å². The van der Waals surface area contributed by atoms with Gasteiger partial charge < -0.3 is 20.8 Å². The first-order valence-corrected chi connectivity index (χ1v) is 6.40. The summed E-state index contributed by atoms with van der Waals surface area (Å²) < 4.78 is 5.73. The first-order chi connectivity index (χ1) is 8.75. The third kappa shape index (κ3) is 3.82. The van der Waals surface area contributed by atoms with Crippen molar-refractivity contribution in [1.82, 2.24) is 9.97 Å². The van der Waals surface area contributed by atoms with Gasteiger partial charge in [0.1, 0.15) is 0 Å². The second-order valence-electron chi connectivity index (χ2n) is 4.60. The highest BCUT2D eigenvalue weighted by molar-refractivity contribution is 5.29. The van der Waals surface area contributed by atoms with Gasteiger partial charge in [-0.05, 0) is 25.7 Å². The van der Waals surface area contributed by atoms with Crippen molar-refractivity contribution in [3.63, 3.8) is 0 Å². The zero-order chi connectivity index (χ0) is 12.8. The predicted molar refractivity (Wildman–Crippen MR) is 69.5 cm³/mol. The topological polar surface area (TPSA) is 93.0 Å². The average molecular weight is 252 g/mol. The highest BCUT2D eigenvalue weighted by Crippen LogP contribution is 2.19. The maximum atomic E-state index is 11.3. The zero-order valence-electron chi connectivity index (χ0n) is 10.4. The number of H-pyrrole nitrogens is 1. The summed E-state index contributed by atoms with van der Waals surface area (Å²) in [5.74, 6) is 0.340. The van der Waals surface area contributed by atoms with Crippen LogP contribution in [0.5, 0.6) is 0 Å². The van der Waals surface area contributed by atoms with Crippen LogP contribution in [-0.2, 0) is 4.74 Å². The highest BCUT2D eigenvalue weighted by atomic mass is 16.5. The summed E-state index contributed by atoms with van der Waals surface area (Å²) >= 11 is 0. The van der Waals surface area contributed by atoms with E-state index in [-0.39, 0.29) is 5.56 Å². The smallest absolute Gasteiger partial charge is 0.290 e. The SMILES string of the molecule is NC1CCC(OCCNc2ncc[nH]c2=O)CC1. The summed E-state index contributed by atoms with van der Waals surface area (Å²) in [5, 5.41) is 2.96. The van der Waals surface area contributed by atoms with Gasteiger partial charge in [0.15, 0.2) is 5.82 Å². The summed E-state index contributed by atoms with van der Waals surface area (Å²) in [4.78, 5) is 17.8. The molecule has 1 saturated carbocycles. The third-order valence-electron chi connectivity index (χ3n) is 3.17. The molecule has 0 saturated heterocycles. The molecule has 0 atom stereocenters. The fourth-order valence-corrected chi connectivity index (χ4v) is 2.13. The van der Waals surface area contributed by atoms with Crippen molar-refractivity contribution < 1.29 is 4.74 Å². The fraction of sp³-hybridized carbons (Fsp3) is 0.667. The Kier molecular flexibility index (Phi) is 4.72. The molecule has 18 heavy (non-hydrogen) atoms. The minimum absolute atomic E-state index is 0.207. The normalized spacial score (nSPS) is 23.8. The van der Waals surface area contributed by atoms with E-state index in [1.807, 2.05) is 0 Å². The number of nitrogens with one attached hydrogen (secondary N) is 2. The van der Waals surface area contributed by atoms with E-state index in [0.29, 0.717) is 31.1 Å². The number of nitrogens with two attached hydrogens (primary N) is 1. The largest absolute Gasteiger partial charge is 0.376 e. The Bertz CT molecular complexity index is 413. The second-order valence-corrected chi connectivity index (χ2v) is 4.60. The van der Waals surface area contributed by atoms with Crippen LogP contribution >= 0.6 is 0 Å². The Hall–Kier alpha value is -1.40. The summed E-state index contributed by atoms with van der Waals surface area (Å²) in [5.41, 5.74) is 5.62. The number of aromatic nitrogens is 2. The van der Waals surface area contributed by atoms with E-state index in [2.05, 4.69) is 15.3 Å². The van der Waals surface area contributed by atoms with Crippen LogP contribution in [0.2, 0.25) is 0 Å². The van der Waals surface area contributed by atoms with Gasteiger partial charge in [-0.1, -0.05) is 0 Å². The van der Waals surface area contributed by atoms with Gasteiger partial charge in [-0.25, -0.2) is 4.98 Å². The first-order valence-electron chi connectivity index (χ1n) is 6.40. The minimum Gasteiger partial charge on any atom is -0.376 e. The van der Waals surface area contributed by atoms with Crippen LogP contribution in [0.3, 0.4) is 0 Å². The zero-order valence-corrected chi connectivity index (χ0v) is 10.4. The lowest BCUT2D eigenvalue weighted by Crippen LogP contribution is -2.31. The van der Waals surface area contributed by atoms with Crippen molar-refractivity contribution in [3.8, 4) is 0 Å². The number of aromatic amines is 1. The van der Waals surface area contributed by atoms with Crippen molar-refractivity contribution in [2.75, 3.05) is 18.5 Å². The van der Waals surface area contributed by atoms with Gasteiger partial charge in [0, 0.05) is 25.0 Å². The van der Waals surface area contributed by atoms with Crippen molar-refractivity contribution in [2.45, 2.75) is 37.8 Å². The Morgan fingerprint density at radius 3 is 2.94 bits per heavy atom. The summed E-state index contributed by atoms with van der Waals surface area (Å²) in [6.07, 6.45) is 7.52. The van der Waals surface area contributed by atoms with Gasteiger partial charge >= 0.3 is 0 Å². The van der Waals surface area contributed by atoms with Crippen LogP contribution in [0.25, 0.3) is 0 Å². The Labute approximate surface area is 106 Å². The molecule has 6 heteroatoms. The number of hydrogen-bond acceptors (Lipinski definition) is 5. The Morgan fingerprint density at radius 2 is 2.22 bits per heavy atom. The molecular formula is C12H20N4O2. The molecule has 0 aliphatic heterocycles. The minimum atomic E-state index is -0.207. The second kappa shape index (κ2) is 6.51. The molecule has 1 aliphatic carbocycles. The molecule has 6 nitrogen and oxygen atoms in total. The standard InChI is InChI=1S/C12H20N4O2/c13-9-1-3-10(4-2-9)18-8-7-15-11-12(17)16-6-5-14-11/h5-6,9-10H,1-4,7-8,13H2,(H,14,15)(H,16,17). The lowest BCUT2D eigenvalue weighted by molar-refractivity contribution is 0.0313. The molecule has 4 N–H and O–H groups in total. The predicted octanol–water partition coefficient (Wildman–Crippen LogP) is 0.468. The molecule has 0 spiro atoms. The molecular weight excluding hydrogens is 232 g/mol. The fourth-order valence-electron chi connectivity index (χ4n) is 2.13. The van der Waals surface area contributed by atoms with Crippen LogP contribution in [0.4, 0.5) is 5.82 Å². The molecule has 0 radical (unpaired) electrons. The highest BCUT2D eigenvalue weighted by Gasteiger charge is 2.18. The third-order valence-corrected chi connectivity index (χ3v) is 3.17. The molecule has 0 bridgehead atoms. The lowest BCUT2D eigenvalue weighted by atomic mass is 9.94. The van der Waals surface area contributed by atoms with Gasteiger partial charge in [-0.15, -0.1) is 0 Å². The maximum Gasteiger partial charge on any atom is 0.290 e. The number of hydrogen-bond donors (Lipinski definition) is 3. The molecule has 1 aliphatic rings. The molecule has 2 rings (SSSR count). The molecule has 1 heterocycles. The number of nitrogens with zero attached hydrogens (tertiary/aromatic N) is 1. The first kappa shape index (κ1) is 13.0. The summed E-state index contributed by atoms with van der Waals surface area (Å²) in [6, 6.07) is 0.343. The average Bonchev–Trinajstić information content (AvgIpc) is 2.39. The summed E-state index contributed by atoms with van der Waals surface area (Å²) in [7, 11) is 0. The van der Waals surface area contributed by atoms with E-state index in [0.717, 1.165) is 25.7 Å². The quantitative estimate of drug-likeness (QED) is 0.662. The van der Waals surface area contributed by atoms with E-state index in [4.69, 9.17) is 10.5 Å². The van der Waals surface area contributed by atoms with Gasteiger partial charge in [-0.2, -0.15) is 0 Å². The molecule has 0 amide bonds. The Morgan fingerprint density at radius 1 is 1.44 bits per heavy atom. The molecule has 100 valence electrons. The van der Waals surface area contributed by atoms with Crippen LogP contribution in [-0.4, -0.2) is 35.3 Å². The molecule has 0 aromatic carbocycles. The van der Waals surface area contributed by atoms with Gasteiger partial charge in [-0.3, -0.25) is 4.79 Å². The van der Waals surface area contributed by atoms with Gasteiger partial charge in [0.05, 0.1) is 12.7 Å². The van der Waals surface area contributed by atoms with Gasteiger partial charge in [0.25, 0.3) is 5.56 Å². The number of ether oxygens (including phenoxy) is 1. The van der Waals surface area contributed by atoms with E-state index in [9.17, 15) is 4.79 Å². The van der Waals surface area contributed by atoms with E-state index >= 15 is 0 Å². The van der Waals surface area contributed by atoms with Crippen LogP contribution in [0.15, 0.2) is 17.2 Å². The molecule has 1 aromatic rings. The van der Waals surface area contributed by atoms with E-state index < -0.39 is 0 Å². The van der Waals surface area contributed by atoms with Crippen LogP contribution in [0.1, 0.15) is 25.7 Å². The number of anilines is 1. The van der Waals surface area contributed by atoms with Gasteiger partial charge in [0.2, 0.25) is 0 Å². The van der Waals surface area contributed by atoms with Crippen molar-refractivity contribution in [1.29, 1.82) is 0 Å². The molecule has 1 aromatic heterocycles. The number of rotatable bonds is 5. The summed E-state index contributed by atoms with van der Waals surface area (Å²) in [6.45, 7) is 1.17. The van der Waals surface area contributed by atoms with Crippen LogP contribution in [0, 0.1) is 0 Å². The Balaban J connectivity index is 1.64. The van der Waals surface area contributed by atoms with Crippen molar-refractivity contribution in [2.24, 2.45) is 5.73 Å².